The van der Waals surface area contributed by atoms with Crippen LogP contribution >= 0.6 is 0 Å². The second kappa shape index (κ2) is 9.00. The van der Waals surface area contributed by atoms with E-state index in [0.717, 1.165) is 30.6 Å². The Labute approximate surface area is 97.6 Å². The van der Waals surface area contributed by atoms with Crippen molar-refractivity contribution in [1.82, 2.24) is 15.5 Å². The second-order valence-corrected chi connectivity index (χ2v) is 3.73. The minimum atomic E-state index is -0.345. The van der Waals surface area contributed by atoms with E-state index in [-0.39, 0.29) is 12.1 Å². The maximum atomic E-state index is 11.4. The molecule has 0 aliphatic heterocycles. The first-order valence-corrected chi connectivity index (χ1v) is 5.92. The van der Waals surface area contributed by atoms with Crippen LogP contribution in [0.1, 0.15) is 39.5 Å². The number of hydrogen-bond acceptors (Lipinski definition) is 2. The molecule has 2 N–H and O–H groups in total. The van der Waals surface area contributed by atoms with E-state index < -0.39 is 0 Å². The molecule has 0 saturated heterocycles. The predicted octanol–water partition coefficient (Wildman–Crippen LogP) is 1.94. The standard InChI is InChI=1S/C11H23N3O2/c1-4-6-8-12-10(15)14(3)11(16)13-9-7-5-2/h4-9H2,1-3H3,(H,12,15)(H,13,16). The number of urea groups is 2. The number of nitrogens with zero attached hydrogens (tertiary/aromatic N) is 1. The molecule has 0 aromatic rings. The number of carbonyl (C=O) groups excluding carboxylic acids is 2. The van der Waals surface area contributed by atoms with Crippen molar-refractivity contribution in [2.75, 3.05) is 20.1 Å². The van der Waals surface area contributed by atoms with Crippen LogP contribution in [0, 0.1) is 0 Å². The Morgan fingerprint density at radius 2 is 1.31 bits per heavy atom. The number of hydrogen-bond donors (Lipinski definition) is 2. The van der Waals surface area contributed by atoms with E-state index in [9.17, 15) is 9.59 Å². The zero-order valence-corrected chi connectivity index (χ0v) is 10.5. The van der Waals surface area contributed by atoms with Crippen LogP contribution in [-0.4, -0.2) is 37.1 Å². The Kier molecular flexibility index (Phi) is 8.29. The summed E-state index contributed by atoms with van der Waals surface area (Å²) in [5, 5.41) is 5.36. The van der Waals surface area contributed by atoms with Crippen LogP contribution < -0.4 is 10.6 Å². The van der Waals surface area contributed by atoms with Crippen molar-refractivity contribution >= 4 is 12.1 Å². The molecule has 0 fully saturated rings. The summed E-state index contributed by atoms with van der Waals surface area (Å²) in [7, 11) is 1.47. The molecule has 0 aliphatic rings. The van der Waals surface area contributed by atoms with E-state index >= 15 is 0 Å². The van der Waals surface area contributed by atoms with Crippen molar-refractivity contribution in [3.63, 3.8) is 0 Å². The van der Waals surface area contributed by atoms with Crippen LogP contribution in [-0.2, 0) is 0 Å². The second-order valence-electron chi connectivity index (χ2n) is 3.73. The highest BCUT2D eigenvalue weighted by molar-refractivity contribution is 5.93. The van der Waals surface area contributed by atoms with Gasteiger partial charge < -0.3 is 10.6 Å². The Morgan fingerprint density at radius 3 is 1.62 bits per heavy atom. The Bertz CT molecular complexity index is 197. The lowest BCUT2D eigenvalue weighted by Gasteiger charge is -2.16. The largest absolute Gasteiger partial charge is 0.338 e. The molecule has 4 amide bonds. The minimum absolute atomic E-state index is 0.345. The molecule has 0 radical (unpaired) electrons. The van der Waals surface area contributed by atoms with Crippen molar-refractivity contribution in [2.24, 2.45) is 0 Å². The van der Waals surface area contributed by atoms with Crippen LogP contribution in [0.3, 0.4) is 0 Å². The van der Waals surface area contributed by atoms with E-state index in [1.165, 1.54) is 7.05 Å². The summed E-state index contributed by atoms with van der Waals surface area (Å²) in [5.74, 6) is 0. The predicted molar refractivity (Wildman–Crippen MR) is 64.4 cm³/mol. The van der Waals surface area contributed by atoms with Gasteiger partial charge in [0.25, 0.3) is 0 Å². The van der Waals surface area contributed by atoms with Crippen LogP contribution in [0.15, 0.2) is 0 Å². The maximum Gasteiger partial charge on any atom is 0.325 e. The Balaban J connectivity index is 3.78. The van der Waals surface area contributed by atoms with Crippen molar-refractivity contribution in [3.05, 3.63) is 0 Å². The third-order valence-corrected chi connectivity index (χ3v) is 2.22. The lowest BCUT2D eigenvalue weighted by molar-refractivity contribution is 0.194. The summed E-state index contributed by atoms with van der Waals surface area (Å²) >= 11 is 0. The lowest BCUT2D eigenvalue weighted by atomic mass is 10.3. The zero-order chi connectivity index (χ0) is 12.4. The van der Waals surface area contributed by atoms with E-state index in [1.54, 1.807) is 0 Å². The van der Waals surface area contributed by atoms with E-state index in [0.29, 0.717) is 13.1 Å². The van der Waals surface area contributed by atoms with Crippen molar-refractivity contribution in [2.45, 2.75) is 39.5 Å². The summed E-state index contributed by atoms with van der Waals surface area (Å²) in [6.07, 6.45) is 3.90. The van der Waals surface area contributed by atoms with Gasteiger partial charge in [-0.3, -0.25) is 0 Å². The van der Waals surface area contributed by atoms with Gasteiger partial charge in [-0.15, -0.1) is 0 Å². The third-order valence-electron chi connectivity index (χ3n) is 2.22. The maximum absolute atomic E-state index is 11.4. The number of amides is 4. The van der Waals surface area contributed by atoms with Gasteiger partial charge in [-0.2, -0.15) is 0 Å². The van der Waals surface area contributed by atoms with Crippen LogP contribution in [0.25, 0.3) is 0 Å². The third kappa shape index (κ3) is 6.27. The summed E-state index contributed by atoms with van der Waals surface area (Å²) in [4.78, 5) is 24.0. The van der Waals surface area contributed by atoms with Crippen LogP contribution in [0.4, 0.5) is 9.59 Å². The lowest BCUT2D eigenvalue weighted by Crippen LogP contribution is -2.46. The van der Waals surface area contributed by atoms with E-state index in [2.05, 4.69) is 10.6 Å². The van der Waals surface area contributed by atoms with Crippen LogP contribution in [0.2, 0.25) is 0 Å². The first-order valence-electron chi connectivity index (χ1n) is 5.92. The molecule has 0 heterocycles. The summed E-state index contributed by atoms with van der Waals surface area (Å²) in [6, 6.07) is -0.690. The highest BCUT2D eigenvalue weighted by Crippen LogP contribution is 1.90. The van der Waals surface area contributed by atoms with E-state index in [4.69, 9.17) is 0 Å². The van der Waals surface area contributed by atoms with Crippen molar-refractivity contribution < 1.29 is 9.59 Å². The van der Waals surface area contributed by atoms with Crippen LogP contribution in [0.5, 0.6) is 0 Å². The Morgan fingerprint density at radius 1 is 0.938 bits per heavy atom. The highest BCUT2D eigenvalue weighted by atomic mass is 16.2. The minimum Gasteiger partial charge on any atom is -0.338 e. The SMILES string of the molecule is CCCCNC(=O)N(C)C(=O)NCCCC. The molecule has 0 bridgehead atoms. The summed E-state index contributed by atoms with van der Waals surface area (Å²) in [6.45, 7) is 5.32. The average molecular weight is 229 g/mol. The molecule has 0 unspecified atom stereocenters. The van der Waals surface area contributed by atoms with Gasteiger partial charge in [0, 0.05) is 20.1 Å². The molecule has 0 saturated carbocycles. The molecule has 94 valence electrons. The number of imide groups is 1. The molecule has 0 atom stereocenters. The first-order chi connectivity index (χ1) is 7.63. The number of unbranched alkanes of at least 4 members (excludes halogenated alkanes) is 2. The molecule has 0 spiro atoms. The molecule has 0 rings (SSSR count). The van der Waals surface area contributed by atoms with Gasteiger partial charge >= 0.3 is 12.1 Å². The van der Waals surface area contributed by atoms with Gasteiger partial charge in [0.1, 0.15) is 0 Å². The summed E-state index contributed by atoms with van der Waals surface area (Å²) < 4.78 is 0. The Hall–Kier alpha value is -1.26. The molecule has 0 aliphatic carbocycles. The summed E-state index contributed by atoms with van der Waals surface area (Å²) in [5.41, 5.74) is 0. The van der Waals surface area contributed by atoms with Gasteiger partial charge in [0.05, 0.1) is 0 Å². The van der Waals surface area contributed by atoms with Gasteiger partial charge in [0.2, 0.25) is 0 Å². The number of nitrogens with one attached hydrogen (secondary N) is 2. The fourth-order valence-electron chi connectivity index (χ4n) is 1.07. The molecular weight excluding hydrogens is 206 g/mol. The topological polar surface area (TPSA) is 61.4 Å². The molecule has 5 heteroatoms. The number of carbonyl (C=O) groups is 2. The van der Waals surface area contributed by atoms with Crippen molar-refractivity contribution in [1.29, 1.82) is 0 Å². The van der Waals surface area contributed by atoms with Crippen molar-refractivity contribution in [3.8, 4) is 0 Å². The smallest absolute Gasteiger partial charge is 0.325 e. The quantitative estimate of drug-likeness (QED) is 0.684. The molecular formula is C11H23N3O2. The van der Waals surface area contributed by atoms with Gasteiger partial charge in [-0.1, -0.05) is 26.7 Å². The monoisotopic (exact) mass is 229 g/mol. The highest BCUT2D eigenvalue weighted by Gasteiger charge is 2.14. The van der Waals surface area contributed by atoms with Gasteiger partial charge in [-0.05, 0) is 12.8 Å². The van der Waals surface area contributed by atoms with Gasteiger partial charge in [-0.25, -0.2) is 14.5 Å². The van der Waals surface area contributed by atoms with E-state index in [1.807, 2.05) is 13.8 Å². The first kappa shape index (κ1) is 14.7. The zero-order valence-electron chi connectivity index (χ0n) is 10.5. The molecule has 5 nitrogen and oxygen atoms in total. The molecule has 0 aromatic carbocycles. The number of rotatable bonds is 6. The normalized spacial score (nSPS) is 9.69. The fraction of sp³-hybridized carbons (Fsp3) is 0.818. The average Bonchev–Trinajstić information content (AvgIpc) is 2.28. The fourth-order valence-corrected chi connectivity index (χ4v) is 1.07. The molecule has 0 aromatic heterocycles. The molecule has 16 heavy (non-hydrogen) atoms. The van der Waals surface area contributed by atoms with Gasteiger partial charge in [0.15, 0.2) is 0 Å².